The highest BCUT2D eigenvalue weighted by Gasteiger charge is 2.21. The molecule has 0 radical (unpaired) electrons. The Morgan fingerprint density at radius 2 is 2.07 bits per heavy atom. The van der Waals surface area contributed by atoms with Crippen LogP contribution < -0.4 is 15.1 Å². The molecule has 2 heterocycles. The number of carbonyl (C=O) groups excluding carboxylic acids is 1. The first-order valence-electron chi connectivity index (χ1n) is 9.92. The molecule has 0 unspecified atom stereocenters. The van der Waals surface area contributed by atoms with Gasteiger partial charge in [0.05, 0.1) is 19.4 Å². The van der Waals surface area contributed by atoms with Gasteiger partial charge in [0, 0.05) is 50.7 Å². The first-order valence-corrected chi connectivity index (χ1v) is 9.92. The molecule has 154 valence electrons. The Kier molecular flexibility index (Phi) is 7.64. The number of anilines is 1. The van der Waals surface area contributed by atoms with Gasteiger partial charge in [0.25, 0.3) is 0 Å². The third kappa shape index (κ3) is 5.57. The lowest BCUT2D eigenvalue weighted by atomic mass is 10.1. The van der Waals surface area contributed by atoms with Crippen molar-refractivity contribution in [1.29, 1.82) is 0 Å². The van der Waals surface area contributed by atoms with Gasteiger partial charge in [0.1, 0.15) is 5.75 Å². The van der Waals surface area contributed by atoms with E-state index in [9.17, 15) is 4.79 Å². The smallest absolute Gasteiger partial charge is 0.153 e. The van der Waals surface area contributed by atoms with Crippen molar-refractivity contribution in [3.05, 3.63) is 53.9 Å². The van der Waals surface area contributed by atoms with Gasteiger partial charge in [-0.3, -0.25) is 20.2 Å². The van der Waals surface area contributed by atoms with E-state index in [2.05, 4.69) is 26.3 Å². The normalized spacial score (nSPS) is 14.3. The van der Waals surface area contributed by atoms with Crippen LogP contribution in [0.4, 0.5) is 5.69 Å². The summed E-state index contributed by atoms with van der Waals surface area (Å²) in [5.41, 5.74) is 5.91. The Balaban J connectivity index is 1.68. The molecule has 1 N–H and O–H groups in total. The summed E-state index contributed by atoms with van der Waals surface area (Å²) < 4.78 is 5.56. The lowest BCUT2D eigenvalue weighted by Crippen LogP contribution is -2.46. The van der Waals surface area contributed by atoms with Crippen molar-refractivity contribution in [2.45, 2.75) is 19.9 Å². The number of pyridine rings is 1. The van der Waals surface area contributed by atoms with Crippen molar-refractivity contribution >= 4 is 17.3 Å². The van der Waals surface area contributed by atoms with Crippen molar-refractivity contribution in [3.8, 4) is 5.75 Å². The average Bonchev–Trinajstić information content (AvgIpc) is 2.78. The van der Waals surface area contributed by atoms with E-state index < -0.39 is 0 Å². The molecule has 1 aliphatic rings. The van der Waals surface area contributed by atoms with Crippen molar-refractivity contribution in [2.75, 3.05) is 44.8 Å². The third-order valence-electron chi connectivity index (χ3n) is 4.89. The lowest BCUT2D eigenvalue weighted by molar-refractivity contribution is 0.0794. The van der Waals surface area contributed by atoms with E-state index in [0.29, 0.717) is 6.61 Å². The molecular formula is C22H28N4O3. The van der Waals surface area contributed by atoms with Gasteiger partial charge in [-0.2, -0.15) is 0 Å². The van der Waals surface area contributed by atoms with Gasteiger partial charge < -0.3 is 9.64 Å². The molecule has 1 saturated heterocycles. The van der Waals surface area contributed by atoms with Crippen molar-refractivity contribution in [3.63, 3.8) is 0 Å². The Labute approximate surface area is 171 Å². The van der Waals surface area contributed by atoms with Crippen molar-refractivity contribution < 1.29 is 14.4 Å². The zero-order valence-electron chi connectivity index (χ0n) is 17.1. The summed E-state index contributed by atoms with van der Waals surface area (Å²) in [5, 5.41) is 0. The summed E-state index contributed by atoms with van der Waals surface area (Å²) in [4.78, 5) is 25.6. The second-order valence-electron chi connectivity index (χ2n) is 6.94. The van der Waals surface area contributed by atoms with E-state index >= 15 is 0 Å². The van der Waals surface area contributed by atoms with Gasteiger partial charge in [-0.1, -0.05) is 13.0 Å². The van der Waals surface area contributed by atoms with Crippen molar-refractivity contribution in [2.24, 2.45) is 0 Å². The Morgan fingerprint density at radius 1 is 1.24 bits per heavy atom. The van der Waals surface area contributed by atoms with Crippen LogP contribution in [0, 0.1) is 0 Å². The highest BCUT2D eigenvalue weighted by Crippen LogP contribution is 2.31. The fraction of sp³-hybridized carbons (Fsp3) is 0.409. The van der Waals surface area contributed by atoms with Crippen LogP contribution >= 0.6 is 0 Å². The second kappa shape index (κ2) is 10.6. The maximum absolute atomic E-state index is 11.4. The number of methoxy groups -OCH3 is 1. The molecule has 1 aromatic carbocycles. The predicted molar refractivity (Wildman–Crippen MR) is 113 cm³/mol. The highest BCUT2D eigenvalue weighted by molar-refractivity contribution is 5.87. The number of benzene rings is 1. The standard InChI is InChI=1S/C22H28N4O3/c1-3-13-29-24-20(17-27)19-6-7-22(28-2)21(14-19)26-11-9-25(10-12-26)16-18-5-4-8-23-15-18/h4-8,14-15,24H,3,9-13,16H2,1-2H3. The fourth-order valence-electron chi connectivity index (χ4n) is 3.35. The first-order chi connectivity index (χ1) is 14.2. The minimum Gasteiger partial charge on any atom is -0.495 e. The monoisotopic (exact) mass is 396 g/mol. The summed E-state index contributed by atoms with van der Waals surface area (Å²) in [6, 6.07) is 9.75. The molecule has 0 aliphatic carbocycles. The molecule has 7 heteroatoms. The minimum absolute atomic E-state index is 0.289. The van der Waals surface area contributed by atoms with E-state index in [1.54, 1.807) is 13.3 Å². The maximum Gasteiger partial charge on any atom is 0.153 e. The number of hydrogen-bond donors (Lipinski definition) is 1. The molecule has 0 amide bonds. The van der Waals surface area contributed by atoms with Crippen LogP contribution in [0.1, 0.15) is 24.5 Å². The van der Waals surface area contributed by atoms with E-state index in [1.807, 2.05) is 43.3 Å². The largest absolute Gasteiger partial charge is 0.495 e. The zero-order chi connectivity index (χ0) is 20.5. The van der Waals surface area contributed by atoms with Crippen LogP contribution in [0.3, 0.4) is 0 Å². The molecule has 7 nitrogen and oxygen atoms in total. The van der Waals surface area contributed by atoms with Crippen LogP contribution in [0.15, 0.2) is 42.7 Å². The van der Waals surface area contributed by atoms with Gasteiger partial charge in [0.15, 0.2) is 11.6 Å². The zero-order valence-corrected chi connectivity index (χ0v) is 17.1. The average molecular weight is 396 g/mol. The Bertz CT molecular complexity index is 829. The Hall–Kier alpha value is -2.86. The van der Waals surface area contributed by atoms with Crippen LogP contribution in [0.2, 0.25) is 0 Å². The molecular weight excluding hydrogens is 368 g/mol. The molecule has 2 aromatic rings. The summed E-state index contributed by atoms with van der Waals surface area (Å²) in [6.07, 6.45) is 4.57. The lowest BCUT2D eigenvalue weighted by Gasteiger charge is -2.36. The number of piperazine rings is 1. The topological polar surface area (TPSA) is 66.9 Å². The van der Waals surface area contributed by atoms with Gasteiger partial charge >= 0.3 is 0 Å². The van der Waals surface area contributed by atoms with Crippen molar-refractivity contribution in [1.82, 2.24) is 15.4 Å². The van der Waals surface area contributed by atoms with Gasteiger partial charge in [-0.25, -0.2) is 4.79 Å². The number of hydroxylamine groups is 1. The second-order valence-corrected chi connectivity index (χ2v) is 6.94. The molecule has 1 aromatic heterocycles. The molecule has 3 rings (SSSR count). The number of rotatable bonds is 9. The third-order valence-corrected chi connectivity index (χ3v) is 4.89. The van der Waals surface area contributed by atoms with E-state index in [-0.39, 0.29) is 5.70 Å². The minimum atomic E-state index is 0.289. The van der Waals surface area contributed by atoms with Crippen LogP contribution in [0.25, 0.3) is 5.70 Å². The number of ether oxygens (including phenoxy) is 1. The number of nitrogens with one attached hydrogen (secondary N) is 1. The molecule has 0 atom stereocenters. The first kappa shape index (κ1) is 20.9. The molecule has 29 heavy (non-hydrogen) atoms. The predicted octanol–water partition coefficient (Wildman–Crippen LogP) is 2.52. The van der Waals surface area contributed by atoms with Gasteiger partial charge in [0.2, 0.25) is 0 Å². The summed E-state index contributed by atoms with van der Waals surface area (Å²) in [6.45, 7) is 7.06. The molecule has 0 spiro atoms. The molecule has 0 saturated carbocycles. The van der Waals surface area contributed by atoms with E-state index in [4.69, 9.17) is 9.57 Å². The number of aromatic nitrogens is 1. The SMILES string of the molecule is CCCONC(=C=O)c1ccc(OC)c(N2CCN(Cc3cccnc3)CC2)c1. The maximum atomic E-state index is 11.4. The molecule has 1 aliphatic heterocycles. The molecule has 1 fully saturated rings. The Morgan fingerprint density at radius 3 is 2.72 bits per heavy atom. The highest BCUT2D eigenvalue weighted by atomic mass is 16.6. The summed E-state index contributed by atoms with van der Waals surface area (Å²) >= 11 is 0. The van der Waals surface area contributed by atoms with Crippen LogP contribution in [-0.4, -0.2) is 55.7 Å². The summed E-state index contributed by atoms with van der Waals surface area (Å²) in [5.74, 6) is 2.72. The molecule has 0 bridgehead atoms. The van der Waals surface area contributed by atoms with Crippen LogP contribution in [-0.2, 0) is 16.2 Å². The van der Waals surface area contributed by atoms with Crippen LogP contribution in [0.5, 0.6) is 5.75 Å². The van der Waals surface area contributed by atoms with E-state index in [0.717, 1.165) is 56.1 Å². The number of hydrogen-bond acceptors (Lipinski definition) is 7. The quantitative estimate of drug-likeness (QED) is 0.397. The number of nitrogens with zero attached hydrogens (tertiary/aromatic N) is 3. The van der Waals surface area contributed by atoms with Gasteiger partial charge in [-0.05, 0) is 36.2 Å². The van der Waals surface area contributed by atoms with Gasteiger partial charge in [-0.15, -0.1) is 0 Å². The van der Waals surface area contributed by atoms with E-state index in [1.165, 1.54) is 5.56 Å². The summed E-state index contributed by atoms with van der Waals surface area (Å²) in [7, 11) is 1.66. The fourth-order valence-corrected chi connectivity index (χ4v) is 3.35.